The minimum atomic E-state index is -0.564. The second-order valence-electron chi connectivity index (χ2n) is 10.7. The molecule has 2 aliphatic carbocycles. The topological polar surface area (TPSA) is 107 Å². The first-order valence-electron chi connectivity index (χ1n) is 13.1. The van der Waals surface area contributed by atoms with Crippen LogP contribution in [0.25, 0.3) is 0 Å². The van der Waals surface area contributed by atoms with Gasteiger partial charge in [0.15, 0.2) is 0 Å². The van der Waals surface area contributed by atoms with Crippen LogP contribution in [0.4, 0.5) is 0 Å². The maximum absolute atomic E-state index is 13.0. The number of benzene rings is 1. The summed E-state index contributed by atoms with van der Waals surface area (Å²) in [7, 11) is 0. The van der Waals surface area contributed by atoms with Gasteiger partial charge in [-0.1, -0.05) is 25.0 Å². The summed E-state index contributed by atoms with van der Waals surface area (Å²) in [5.74, 6) is -0.170. The highest BCUT2D eigenvalue weighted by Gasteiger charge is 2.39. The smallest absolute Gasteiger partial charge is 0.255 e. The lowest BCUT2D eigenvalue weighted by atomic mass is 9.79. The summed E-state index contributed by atoms with van der Waals surface area (Å²) in [6.07, 6.45) is 12.0. The number of amides is 3. The van der Waals surface area contributed by atoms with Gasteiger partial charge in [0.2, 0.25) is 11.8 Å². The molecule has 3 heterocycles. The van der Waals surface area contributed by atoms with Crippen molar-refractivity contribution in [3.8, 4) is 0 Å². The third-order valence-electron chi connectivity index (χ3n) is 8.45. The molecule has 0 radical (unpaired) electrons. The van der Waals surface area contributed by atoms with Gasteiger partial charge in [0.05, 0.1) is 11.9 Å². The Hall–Kier alpha value is -3.00. The Kier molecular flexibility index (Phi) is 5.92. The number of aryl methyl sites for hydroxylation is 1. The van der Waals surface area contributed by atoms with Crippen molar-refractivity contribution in [3.05, 3.63) is 52.3 Å². The Morgan fingerprint density at radius 3 is 2.77 bits per heavy atom. The van der Waals surface area contributed by atoms with Gasteiger partial charge in [-0.2, -0.15) is 5.10 Å². The third kappa shape index (κ3) is 4.29. The normalized spacial score (nSPS) is 28.6. The number of nitrogens with zero attached hydrogens (tertiary/aromatic N) is 2. The quantitative estimate of drug-likeness (QED) is 0.577. The summed E-state index contributed by atoms with van der Waals surface area (Å²) in [4.78, 5) is 38.5. The fraction of sp³-hybridized carbons (Fsp3) is 0.556. The zero-order valence-electron chi connectivity index (χ0n) is 20.0. The lowest BCUT2D eigenvalue weighted by molar-refractivity contribution is -0.136. The summed E-state index contributed by atoms with van der Waals surface area (Å²) in [6, 6.07) is 6.44. The van der Waals surface area contributed by atoms with Crippen molar-refractivity contribution < 1.29 is 14.4 Å². The van der Waals surface area contributed by atoms with Gasteiger partial charge >= 0.3 is 0 Å². The van der Waals surface area contributed by atoms with Gasteiger partial charge < -0.3 is 10.2 Å². The van der Waals surface area contributed by atoms with Crippen molar-refractivity contribution in [2.75, 3.05) is 0 Å². The van der Waals surface area contributed by atoms with E-state index in [0.717, 1.165) is 24.8 Å². The van der Waals surface area contributed by atoms with Crippen LogP contribution in [0.5, 0.6) is 0 Å². The molecule has 0 bridgehead atoms. The number of hydrogen-bond acceptors (Lipinski definition) is 5. The van der Waals surface area contributed by atoms with E-state index >= 15 is 0 Å². The van der Waals surface area contributed by atoms with Crippen LogP contribution in [0, 0.1) is 5.92 Å². The molecule has 1 saturated heterocycles. The number of hydrogen-bond donors (Lipinski definition) is 3. The Balaban J connectivity index is 1.15. The van der Waals surface area contributed by atoms with E-state index in [1.807, 2.05) is 12.3 Å². The second-order valence-corrected chi connectivity index (χ2v) is 10.7. The van der Waals surface area contributed by atoms with E-state index < -0.39 is 6.04 Å². The lowest BCUT2D eigenvalue weighted by Crippen LogP contribution is -2.52. The molecule has 8 nitrogen and oxygen atoms in total. The van der Waals surface area contributed by atoms with Gasteiger partial charge in [-0.15, -0.1) is 0 Å². The van der Waals surface area contributed by atoms with Crippen LogP contribution < -0.4 is 10.6 Å². The largest absolute Gasteiger partial charge is 0.322 e. The predicted octanol–water partition coefficient (Wildman–Crippen LogP) is 2.94. The van der Waals surface area contributed by atoms with Crippen molar-refractivity contribution in [2.24, 2.45) is 5.92 Å². The number of piperidine rings is 1. The number of aromatic nitrogens is 2. The summed E-state index contributed by atoms with van der Waals surface area (Å²) < 4.78 is 0. The van der Waals surface area contributed by atoms with Crippen LogP contribution in [-0.2, 0) is 29.0 Å². The monoisotopic (exact) mass is 475 g/mol. The van der Waals surface area contributed by atoms with Crippen molar-refractivity contribution in [3.63, 3.8) is 0 Å². The standard InChI is InChI=1S/C27H33N5O3/c33-24-11-10-23(26(34)30-24)32-15-19-13-16(8-9-20(19)27(32)35)12-17-4-1-2-6-21(17)29-22-7-3-5-18-14-28-31-25(18)22/h8-9,13-14,17,21-23,29H,1-7,10-12,15H2,(H,28,31)(H,30,33,34)/t17-,21+,22?,23?/m1/s1. The van der Waals surface area contributed by atoms with Crippen LogP contribution in [0.2, 0.25) is 0 Å². The number of aromatic amines is 1. The van der Waals surface area contributed by atoms with Crippen molar-refractivity contribution in [1.82, 2.24) is 25.7 Å². The number of H-pyrrole nitrogens is 1. The van der Waals surface area contributed by atoms with E-state index in [0.29, 0.717) is 36.5 Å². The fourth-order valence-electron chi connectivity index (χ4n) is 6.62. The summed E-state index contributed by atoms with van der Waals surface area (Å²) in [6.45, 7) is 0.436. The Bertz CT molecular complexity index is 1160. The van der Waals surface area contributed by atoms with Gasteiger partial charge in [0, 0.05) is 30.6 Å². The molecule has 2 aromatic rings. The van der Waals surface area contributed by atoms with Crippen LogP contribution in [0.1, 0.15) is 90.2 Å². The Morgan fingerprint density at radius 2 is 1.89 bits per heavy atom. The molecule has 3 amide bonds. The minimum Gasteiger partial charge on any atom is -0.322 e. The van der Waals surface area contributed by atoms with Gasteiger partial charge in [0.1, 0.15) is 6.04 Å². The molecule has 3 N–H and O–H groups in total. The highest BCUT2D eigenvalue weighted by atomic mass is 16.2. The first-order chi connectivity index (χ1) is 17.1. The molecular formula is C27H33N5O3. The maximum atomic E-state index is 13.0. The van der Waals surface area contributed by atoms with E-state index in [9.17, 15) is 14.4 Å². The van der Waals surface area contributed by atoms with Crippen molar-refractivity contribution in [2.45, 2.75) is 88.9 Å². The van der Waals surface area contributed by atoms with Crippen LogP contribution in [0.3, 0.4) is 0 Å². The average molecular weight is 476 g/mol. The Labute approximate surface area is 205 Å². The molecule has 184 valence electrons. The predicted molar refractivity (Wildman–Crippen MR) is 129 cm³/mol. The molecule has 1 saturated carbocycles. The zero-order chi connectivity index (χ0) is 23.9. The van der Waals surface area contributed by atoms with E-state index in [2.05, 4.69) is 33.0 Å². The fourth-order valence-corrected chi connectivity index (χ4v) is 6.62. The van der Waals surface area contributed by atoms with Crippen molar-refractivity contribution >= 4 is 17.7 Å². The first kappa shape index (κ1) is 22.5. The van der Waals surface area contributed by atoms with E-state index in [4.69, 9.17) is 0 Å². The molecule has 8 heteroatoms. The van der Waals surface area contributed by atoms with E-state index in [1.165, 1.54) is 48.9 Å². The molecule has 4 aliphatic rings. The van der Waals surface area contributed by atoms with Gasteiger partial charge in [-0.25, -0.2) is 0 Å². The van der Waals surface area contributed by atoms with Gasteiger partial charge in [-0.3, -0.25) is 24.8 Å². The van der Waals surface area contributed by atoms with Crippen LogP contribution >= 0.6 is 0 Å². The number of imide groups is 1. The highest BCUT2D eigenvalue weighted by Crippen LogP contribution is 2.34. The zero-order valence-corrected chi connectivity index (χ0v) is 20.0. The first-order valence-corrected chi connectivity index (χ1v) is 13.1. The van der Waals surface area contributed by atoms with Crippen molar-refractivity contribution in [1.29, 1.82) is 0 Å². The number of nitrogens with one attached hydrogen (secondary N) is 3. The maximum Gasteiger partial charge on any atom is 0.255 e. The average Bonchev–Trinajstić information content (AvgIpc) is 3.46. The van der Waals surface area contributed by atoms with Crippen LogP contribution in [-0.4, -0.2) is 44.9 Å². The molecule has 35 heavy (non-hydrogen) atoms. The molecule has 0 spiro atoms. The molecular weight excluding hydrogens is 442 g/mol. The SMILES string of the molecule is O=C1CCC(N2Cc3cc(C[C@H]4CCCC[C@@H]4NC4CCCc5cn[nH]c54)ccc3C2=O)C(=O)N1. The second kappa shape index (κ2) is 9.22. The number of carbonyl (C=O) groups is 3. The number of fused-ring (bicyclic) bond motifs is 2. The molecule has 1 aromatic carbocycles. The molecule has 2 unspecified atom stereocenters. The third-order valence-corrected chi connectivity index (χ3v) is 8.45. The number of carbonyl (C=O) groups excluding carboxylic acids is 3. The summed E-state index contributed by atoms with van der Waals surface area (Å²) >= 11 is 0. The molecule has 2 fully saturated rings. The molecule has 2 aliphatic heterocycles. The molecule has 1 aromatic heterocycles. The Morgan fingerprint density at radius 1 is 1.00 bits per heavy atom. The lowest BCUT2D eigenvalue weighted by Gasteiger charge is -2.36. The van der Waals surface area contributed by atoms with E-state index in [1.54, 1.807) is 4.90 Å². The van der Waals surface area contributed by atoms with Crippen LogP contribution in [0.15, 0.2) is 24.4 Å². The van der Waals surface area contributed by atoms with E-state index in [-0.39, 0.29) is 24.1 Å². The molecule has 6 rings (SSSR count). The minimum absolute atomic E-state index is 0.106. The van der Waals surface area contributed by atoms with Gasteiger partial charge in [0.25, 0.3) is 5.91 Å². The summed E-state index contributed by atoms with van der Waals surface area (Å²) in [5.41, 5.74) is 5.55. The molecule has 4 atom stereocenters. The number of rotatable bonds is 5. The van der Waals surface area contributed by atoms with Gasteiger partial charge in [-0.05, 0) is 73.6 Å². The highest BCUT2D eigenvalue weighted by molar-refractivity contribution is 6.05. The summed E-state index contributed by atoms with van der Waals surface area (Å²) in [5, 5.41) is 13.9.